The molecule has 1 aliphatic rings. The molecule has 1 heterocycles. The van der Waals surface area contributed by atoms with Gasteiger partial charge in [0.2, 0.25) is 0 Å². The summed E-state index contributed by atoms with van der Waals surface area (Å²) in [6.45, 7) is 0. The summed E-state index contributed by atoms with van der Waals surface area (Å²) in [6.07, 6.45) is 0. The molecule has 0 unspecified atom stereocenters. The van der Waals surface area contributed by atoms with Crippen molar-refractivity contribution in [3.63, 3.8) is 0 Å². The van der Waals surface area contributed by atoms with Crippen molar-refractivity contribution in [3.05, 3.63) is 60.2 Å². The SMILES string of the molecule is COc1ccc2c(c1)NC(=O)c1ccc(-c3ccc(N)c(OC)c3)cc1N2. The number of fused-ring (bicyclic) bond motifs is 2. The van der Waals surface area contributed by atoms with Crippen molar-refractivity contribution in [1.29, 1.82) is 0 Å². The van der Waals surface area contributed by atoms with Gasteiger partial charge in [-0.15, -0.1) is 0 Å². The highest BCUT2D eigenvalue weighted by molar-refractivity contribution is 6.12. The number of carbonyl (C=O) groups is 1. The number of ether oxygens (including phenoxy) is 2. The zero-order chi connectivity index (χ0) is 19.0. The van der Waals surface area contributed by atoms with Crippen molar-refractivity contribution < 1.29 is 14.3 Å². The van der Waals surface area contributed by atoms with E-state index in [0.717, 1.165) is 22.5 Å². The number of nitrogens with one attached hydrogen (secondary N) is 2. The Balaban J connectivity index is 1.78. The van der Waals surface area contributed by atoms with Gasteiger partial charge in [0.15, 0.2) is 0 Å². The number of benzene rings is 3. The Bertz CT molecular complexity index is 1050. The molecule has 27 heavy (non-hydrogen) atoms. The van der Waals surface area contributed by atoms with Gasteiger partial charge in [-0.1, -0.05) is 12.1 Å². The molecule has 1 amide bonds. The van der Waals surface area contributed by atoms with Crippen molar-refractivity contribution in [3.8, 4) is 22.6 Å². The first-order valence-corrected chi connectivity index (χ1v) is 8.43. The Kier molecular flexibility index (Phi) is 4.08. The first-order chi connectivity index (χ1) is 13.1. The number of anilines is 4. The van der Waals surface area contributed by atoms with Crippen LogP contribution in [0.25, 0.3) is 11.1 Å². The fraction of sp³-hybridized carbons (Fsp3) is 0.0952. The van der Waals surface area contributed by atoms with E-state index < -0.39 is 0 Å². The lowest BCUT2D eigenvalue weighted by atomic mass is 10.0. The highest BCUT2D eigenvalue weighted by Crippen LogP contribution is 2.37. The lowest BCUT2D eigenvalue weighted by Gasteiger charge is -2.12. The minimum Gasteiger partial charge on any atom is -0.497 e. The number of hydrogen-bond donors (Lipinski definition) is 3. The summed E-state index contributed by atoms with van der Waals surface area (Å²) in [5.41, 5.74) is 11.1. The molecule has 6 nitrogen and oxygen atoms in total. The van der Waals surface area contributed by atoms with Crippen molar-refractivity contribution in [2.75, 3.05) is 30.6 Å². The van der Waals surface area contributed by atoms with E-state index in [9.17, 15) is 4.79 Å². The topological polar surface area (TPSA) is 85.6 Å². The molecule has 0 spiro atoms. The third-order valence-corrected chi connectivity index (χ3v) is 4.58. The molecule has 6 heteroatoms. The van der Waals surface area contributed by atoms with Crippen LogP contribution in [0.2, 0.25) is 0 Å². The number of rotatable bonds is 3. The molecule has 0 saturated carbocycles. The normalized spacial score (nSPS) is 12.1. The van der Waals surface area contributed by atoms with Crippen LogP contribution < -0.4 is 25.8 Å². The molecule has 4 rings (SSSR count). The number of amides is 1. The summed E-state index contributed by atoms with van der Waals surface area (Å²) in [5, 5.41) is 6.26. The maximum atomic E-state index is 12.6. The van der Waals surface area contributed by atoms with Gasteiger partial charge in [-0.2, -0.15) is 0 Å². The van der Waals surface area contributed by atoms with Gasteiger partial charge in [0.25, 0.3) is 5.91 Å². The van der Waals surface area contributed by atoms with Crippen LogP contribution in [0.1, 0.15) is 10.4 Å². The van der Waals surface area contributed by atoms with E-state index in [4.69, 9.17) is 15.2 Å². The van der Waals surface area contributed by atoms with Gasteiger partial charge in [-0.3, -0.25) is 4.79 Å². The second kappa shape index (κ2) is 6.57. The molecule has 3 aromatic rings. The van der Waals surface area contributed by atoms with E-state index in [2.05, 4.69) is 10.6 Å². The van der Waals surface area contributed by atoms with Crippen LogP contribution in [-0.2, 0) is 0 Å². The summed E-state index contributed by atoms with van der Waals surface area (Å²) >= 11 is 0. The molecule has 0 bridgehead atoms. The molecule has 0 atom stereocenters. The fourth-order valence-electron chi connectivity index (χ4n) is 3.11. The van der Waals surface area contributed by atoms with Gasteiger partial charge in [0.1, 0.15) is 11.5 Å². The molecule has 1 aliphatic heterocycles. The second-order valence-corrected chi connectivity index (χ2v) is 6.21. The van der Waals surface area contributed by atoms with E-state index in [0.29, 0.717) is 28.4 Å². The maximum Gasteiger partial charge on any atom is 0.257 e. The molecular formula is C21H19N3O3. The van der Waals surface area contributed by atoms with Crippen molar-refractivity contribution in [1.82, 2.24) is 0 Å². The Labute approximate surface area is 156 Å². The van der Waals surface area contributed by atoms with Gasteiger partial charge in [0.05, 0.1) is 42.5 Å². The van der Waals surface area contributed by atoms with Crippen molar-refractivity contribution in [2.45, 2.75) is 0 Å². The van der Waals surface area contributed by atoms with Crippen LogP contribution in [0.3, 0.4) is 0 Å². The predicted molar refractivity (Wildman–Crippen MR) is 107 cm³/mol. The zero-order valence-electron chi connectivity index (χ0n) is 15.0. The first kappa shape index (κ1) is 16.8. The van der Waals surface area contributed by atoms with E-state index in [1.54, 1.807) is 26.4 Å². The van der Waals surface area contributed by atoms with Crippen LogP contribution in [-0.4, -0.2) is 20.1 Å². The van der Waals surface area contributed by atoms with Crippen LogP contribution in [0.5, 0.6) is 11.5 Å². The van der Waals surface area contributed by atoms with Gasteiger partial charge >= 0.3 is 0 Å². The Morgan fingerprint density at radius 1 is 0.778 bits per heavy atom. The minimum atomic E-state index is -0.175. The highest BCUT2D eigenvalue weighted by atomic mass is 16.5. The maximum absolute atomic E-state index is 12.6. The van der Waals surface area contributed by atoms with Gasteiger partial charge in [0, 0.05) is 6.07 Å². The number of nitrogen functional groups attached to an aromatic ring is 1. The summed E-state index contributed by atoms with van der Waals surface area (Å²) < 4.78 is 10.5. The average molecular weight is 361 g/mol. The van der Waals surface area contributed by atoms with Crippen LogP contribution in [0, 0.1) is 0 Å². The average Bonchev–Trinajstić information content (AvgIpc) is 2.82. The van der Waals surface area contributed by atoms with Gasteiger partial charge in [-0.25, -0.2) is 0 Å². The van der Waals surface area contributed by atoms with Gasteiger partial charge in [-0.05, 0) is 47.5 Å². The van der Waals surface area contributed by atoms with Gasteiger partial charge < -0.3 is 25.8 Å². The molecule has 0 fully saturated rings. The van der Waals surface area contributed by atoms with E-state index in [1.165, 1.54) is 0 Å². The van der Waals surface area contributed by atoms with Crippen molar-refractivity contribution >= 4 is 28.7 Å². The zero-order valence-corrected chi connectivity index (χ0v) is 15.0. The quantitative estimate of drug-likeness (QED) is 0.607. The van der Waals surface area contributed by atoms with E-state index in [1.807, 2.05) is 42.5 Å². The van der Waals surface area contributed by atoms with E-state index >= 15 is 0 Å². The van der Waals surface area contributed by atoms with E-state index in [-0.39, 0.29) is 5.91 Å². The lowest BCUT2D eigenvalue weighted by molar-refractivity contribution is 0.102. The third-order valence-electron chi connectivity index (χ3n) is 4.58. The lowest BCUT2D eigenvalue weighted by Crippen LogP contribution is -2.10. The Morgan fingerprint density at radius 3 is 2.33 bits per heavy atom. The Hall–Kier alpha value is -3.67. The number of methoxy groups -OCH3 is 2. The highest BCUT2D eigenvalue weighted by Gasteiger charge is 2.20. The third kappa shape index (κ3) is 3.01. The predicted octanol–water partition coefficient (Wildman–Crippen LogP) is 4.26. The smallest absolute Gasteiger partial charge is 0.257 e. The first-order valence-electron chi connectivity index (χ1n) is 8.43. The molecule has 0 saturated heterocycles. The van der Waals surface area contributed by atoms with Crippen LogP contribution >= 0.6 is 0 Å². The molecule has 3 aromatic carbocycles. The number of hydrogen-bond acceptors (Lipinski definition) is 5. The summed E-state index contributed by atoms with van der Waals surface area (Å²) in [7, 11) is 3.18. The van der Waals surface area contributed by atoms with Crippen LogP contribution in [0.15, 0.2) is 54.6 Å². The number of nitrogens with two attached hydrogens (primary N) is 1. The minimum absolute atomic E-state index is 0.175. The summed E-state index contributed by atoms with van der Waals surface area (Å²) in [4.78, 5) is 12.6. The largest absolute Gasteiger partial charge is 0.497 e. The molecule has 0 aliphatic carbocycles. The monoisotopic (exact) mass is 361 g/mol. The Morgan fingerprint density at radius 2 is 1.56 bits per heavy atom. The molecule has 0 radical (unpaired) electrons. The van der Waals surface area contributed by atoms with Crippen molar-refractivity contribution in [2.24, 2.45) is 0 Å². The molecule has 4 N–H and O–H groups in total. The standard InChI is InChI=1S/C21H19N3O3/c1-26-14-5-8-17-19(11-14)24-21(25)15-6-3-12(9-18(15)23-17)13-4-7-16(22)20(10-13)27-2/h3-11,23H,22H2,1-2H3,(H,24,25). The van der Waals surface area contributed by atoms with Crippen LogP contribution in [0.4, 0.5) is 22.7 Å². The molecular weight excluding hydrogens is 342 g/mol. The second-order valence-electron chi connectivity index (χ2n) is 6.21. The molecule has 0 aromatic heterocycles. The summed E-state index contributed by atoms with van der Waals surface area (Å²) in [5.74, 6) is 1.12. The fourth-order valence-corrected chi connectivity index (χ4v) is 3.11. The summed E-state index contributed by atoms with van der Waals surface area (Å²) in [6, 6.07) is 16.8. The molecule has 136 valence electrons. The number of carbonyl (C=O) groups excluding carboxylic acids is 1.